The number of alkyl halides is 3. The number of aryl methyl sites for hydroxylation is 3. The van der Waals surface area contributed by atoms with E-state index >= 15 is 0 Å². The second-order valence-corrected chi connectivity index (χ2v) is 8.11. The molecule has 12 heteroatoms. The van der Waals surface area contributed by atoms with Gasteiger partial charge in [-0.2, -0.15) is 18.3 Å². The first-order valence-electron chi connectivity index (χ1n) is 10.3. The van der Waals surface area contributed by atoms with Crippen molar-refractivity contribution in [1.82, 2.24) is 30.4 Å². The Balaban J connectivity index is 1.87. The fourth-order valence-electron chi connectivity index (χ4n) is 4.07. The number of aromatic nitrogens is 4. The summed E-state index contributed by atoms with van der Waals surface area (Å²) in [4.78, 5) is 34.1. The van der Waals surface area contributed by atoms with Crippen LogP contribution in [0.5, 0.6) is 0 Å². The molecular formula is C22H21F3N6O3. The monoisotopic (exact) mass is 474 g/mol. The Kier molecular flexibility index (Phi) is 5.64. The smallest absolute Gasteiger partial charge is 0.363 e. The Morgan fingerprint density at radius 1 is 1.12 bits per heavy atom. The van der Waals surface area contributed by atoms with Crippen LogP contribution in [0.25, 0.3) is 5.95 Å². The molecule has 0 aliphatic carbocycles. The molecule has 34 heavy (non-hydrogen) atoms. The molecule has 0 radical (unpaired) electrons. The Morgan fingerprint density at radius 2 is 1.74 bits per heavy atom. The van der Waals surface area contributed by atoms with Gasteiger partial charge in [-0.1, -0.05) is 30.3 Å². The molecule has 3 atom stereocenters. The molecule has 0 bridgehead atoms. The van der Waals surface area contributed by atoms with Crippen molar-refractivity contribution < 1.29 is 27.9 Å². The maximum Gasteiger partial charge on any atom is 0.437 e. The van der Waals surface area contributed by atoms with Gasteiger partial charge in [0.25, 0.3) is 5.95 Å². The SMILES string of the molecule is Cc1cc(C)nc(-n2cc([C@H]3NC(=O)N[C@](O)(C(F)(F)F)[C@@H]3C(=O)c3ccccc3)c(C)n2)n1. The van der Waals surface area contributed by atoms with E-state index in [1.54, 1.807) is 26.0 Å². The van der Waals surface area contributed by atoms with Gasteiger partial charge in [-0.15, -0.1) is 0 Å². The minimum absolute atomic E-state index is 0.0548. The van der Waals surface area contributed by atoms with Crippen LogP contribution in [0.2, 0.25) is 0 Å². The lowest BCUT2D eigenvalue weighted by molar-refractivity contribution is -0.287. The number of hydrogen-bond acceptors (Lipinski definition) is 6. The van der Waals surface area contributed by atoms with E-state index in [9.17, 15) is 27.9 Å². The number of nitrogens with zero attached hydrogens (tertiary/aromatic N) is 4. The molecule has 0 saturated carbocycles. The predicted molar refractivity (Wildman–Crippen MR) is 113 cm³/mol. The Labute approximate surface area is 192 Å². The number of nitrogens with one attached hydrogen (secondary N) is 2. The summed E-state index contributed by atoms with van der Waals surface area (Å²) in [6, 6.07) is 6.17. The van der Waals surface area contributed by atoms with Crippen LogP contribution >= 0.6 is 0 Å². The normalized spacial score (nSPS) is 22.7. The van der Waals surface area contributed by atoms with E-state index in [2.05, 4.69) is 20.4 Å². The summed E-state index contributed by atoms with van der Waals surface area (Å²) in [7, 11) is 0. The van der Waals surface area contributed by atoms with Crippen molar-refractivity contribution in [2.45, 2.75) is 38.7 Å². The molecule has 1 aromatic carbocycles. The molecule has 3 N–H and O–H groups in total. The van der Waals surface area contributed by atoms with E-state index in [0.717, 1.165) is 0 Å². The van der Waals surface area contributed by atoms with Gasteiger partial charge in [-0.25, -0.2) is 19.4 Å². The second-order valence-electron chi connectivity index (χ2n) is 8.11. The van der Waals surface area contributed by atoms with Crippen LogP contribution in [0.3, 0.4) is 0 Å². The van der Waals surface area contributed by atoms with Gasteiger partial charge < -0.3 is 15.7 Å². The summed E-state index contributed by atoms with van der Waals surface area (Å²) in [6.45, 7) is 5.01. The van der Waals surface area contributed by atoms with Crippen molar-refractivity contribution in [3.63, 3.8) is 0 Å². The molecule has 1 saturated heterocycles. The highest BCUT2D eigenvalue weighted by Crippen LogP contribution is 2.44. The molecule has 3 heterocycles. The number of Topliss-reactive ketones (excluding diaryl/α,β-unsaturated/α-hetero) is 1. The zero-order valence-corrected chi connectivity index (χ0v) is 18.4. The van der Waals surface area contributed by atoms with E-state index < -0.39 is 35.7 Å². The lowest BCUT2D eigenvalue weighted by Gasteiger charge is -2.44. The van der Waals surface area contributed by atoms with E-state index in [1.165, 1.54) is 47.4 Å². The summed E-state index contributed by atoms with van der Waals surface area (Å²) in [6.07, 6.45) is -4.00. The van der Waals surface area contributed by atoms with E-state index in [0.29, 0.717) is 11.4 Å². The van der Waals surface area contributed by atoms with Crippen LogP contribution in [0.1, 0.15) is 39.0 Å². The molecule has 3 aromatic rings. The maximum atomic E-state index is 14.1. The maximum absolute atomic E-state index is 14.1. The number of carbonyl (C=O) groups excluding carboxylic acids is 2. The third-order valence-corrected chi connectivity index (χ3v) is 5.59. The minimum atomic E-state index is -5.35. The van der Waals surface area contributed by atoms with E-state index in [1.807, 2.05) is 0 Å². The van der Waals surface area contributed by atoms with Crippen LogP contribution in [-0.2, 0) is 0 Å². The van der Waals surface area contributed by atoms with Crippen LogP contribution < -0.4 is 10.6 Å². The molecule has 9 nitrogen and oxygen atoms in total. The van der Waals surface area contributed by atoms with Crippen LogP contribution in [0.4, 0.5) is 18.0 Å². The third-order valence-electron chi connectivity index (χ3n) is 5.59. The van der Waals surface area contributed by atoms with Gasteiger partial charge in [0.2, 0.25) is 5.72 Å². The van der Waals surface area contributed by atoms with Crippen molar-refractivity contribution in [3.05, 3.63) is 70.8 Å². The molecule has 178 valence electrons. The van der Waals surface area contributed by atoms with Crippen molar-refractivity contribution in [2.24, 2.45) is 5.92 Å². The van der Waals surface area contributed by atoms with Crippen LogP contribution in [0.15, 0.2) is 42.6 Å². The predicted octanol–water partition coefficient (Wildman–Crippen LogP) is 2.69. The first kappa shape index (κ1) is 23.4. The number of amides is 2. The summed E-state index contributed by atoms with van der Waals surface area (Å²) in [5, 5.41) is 18.9. The number of hydrogen-bond donors (Lipinski definition) is 3. The van der Waals surface area contributed by atoms with E-state index in [-0.39, 0.29) is 22.8 Å². The number of carbonyl (C=O) groups is 2. The van der Waals surface area contributed by atoms with Gasteiger partial charge in [0.05, 0.1) is 11.7 Å². The summed E-state index contributed by atoms with van der Waals surface area (Å²) >= 11 is 0. The van der Waals surface area contributed by atoms with Crippen molar-refractivity contribution in [2.75, 3.05) is 0 Å². The number of halogens is 3. The molecule has 2 aromatic heterocycles. The first-order valence-corrected chi connectivity index (χ1v) is 10.3. The molecule has 2 amide bonds. The summed E-state index contributed by atoms with van der Waals surface area (Å²) < 4.78 is 43.5. The average Bonchev–Trinajstić information content (AvgIpc) is 3.13. The topological polar surface area (TPSA) is 122 Å². The highest BCUT2D eigenvalue weighted by molar-refractivity contribution is 6.00. The van der Waals surface area contributed by atoms with Crippen LogP contribution in [-0.4, -0.2) is 48.6 Å². The molecule has 1 aliphatic heterocycles. The minimum Gasteiger partial charge on any atom is -0.363 e. The highest BCUT2D eigenvalue weighted by atomic mass is 19.4. The third kappa shape index (κ3) is 4.00. The van der Waals surface area contributed by atoms with Gasteiger partial charge in [0.1, 0.15) is 5.92 Å². The van der Waals surface area contributed by atoms with Crippen molar-refractivity contribution in [3.8, 4) is 5.95 Å². The lowest BCUT2D eigenvalue weighted by Crippen LogP contribution is -2.72. The standard InChI is InChI=1S/C22H21F3N6O3/c1-11-9-12(2)27-19(26-11)31-10-15(13(3)30-31)17-16(18(32)14-7-5-4-6-8-14)21(34,22(23,24)25)29-20(33)28-17/h4-10,16-17,34H,1-3H3,(H2,28,29,33)/t16-,17+,21+/m0/s1. The molecule has 1 fully saturated rings. The van der Waals surface area contributed by atoms with Crippen molar-refractivity contribution >= 4 is 11.8 Å². The molecule has 0 unspecified atom stereocenters. The number of benzene rings is 1. The van der Waals surface area contributed by atoms with Gasteiger partial charge in [0, 0.05) is 28.7 Å². The largest absolute Gasteiger partial charge is 0.437 e. The number of ketones is 1. The highest BCUT2D eigenvalue weighted by Gasteiger charge is 2.66. The zero-order valence-electron chi connectivity index (χ0n) is 18.4. The van der Waals surface area contributed by atoms with Gasteiger partial charge >= 0.3 is 12.2 Å². The number of aliphatic hydroxyl groups is 1. The number of rotatable bonds is 4. The molecule has 1 aliphatic rings. The van der Waals surface area contributed by atoms with Gasteiger partial charge in [0.15, 0.2) is 5.78 Å². The van der Waals surface area contributed by atoms with Gasteiger partial charge in [-0.05, 0) is 26.8 Å². The average molecular weight is 474 g/mol. The molecule has 4 rings (SSSR count). The first-order chi connectivity index (χ1) is 15.9. The molecular weight excluding hydrogens is 453 g/mol. The van der Waals surface area contributed by atoms with E-state index in [4.69, 9.17) is 0 Å². The van der Waals surface area contributed by atoms with Gasteiger partial charge in [-0.3, -0.25) is 4.79 Å². The Morgan fingerprint density at radius 3 is 2.32 bits per heavy atom. The fourth-order valence-corrected chi connectivity index (χ4v) is 4.07. The zero-order chi connectivity index (χ0) is 24.8. The summed E-state index contributed by atoms with van der Waals surface area (Å²) in [5.41, 5.74) is -2.25. The van der Waals surface area contributed by atoms with Crippen LogP contribution in [0, 0.1) is 26.7 Å². The summed E-state index contributed by atoms with van der Waals surface area (Å²) in [5.74, 6) is -2.99. The van der Waals surface area contributed by atoms with Crippen molar-refractivity contribution in [1.29, 1.82) is 0 Å². The second kappa shape index (κ2) is 8.20. The Hall–Kier alpha value is -3.80. The molecule has 0 spiro atoms. The quantitative estimate of drug-likeness (QED) is 0.500. The lowest BCUT2D eigenvalue weighted by atomic mass is 9.77. The number of urea groups is 1. The Bertz CT molecular complexity index is 1240. The fraction of sp³-hybridized carbons (Fsp3) is 0.318.